The number of halogens is 1. The monoisotopic (exact) mass is 205 g/mol. The molecule has 0 aliphatic heterocycles. The summed E-state index contributed by atoms with van der Waals surface area (Å²) in [5, 5.41) is 26.6. The summed E-state index contributed by atoms with van der Waals surface area (Å²) in [7, 11) is -1.87. The molecular formula is C10H9BFNO2. The van der Waals surface area contributed by atoms with E-state index in [-0.39, 0.29) is 16.9 Å². The number of rotatable bonds is 2. The fraction of sp³-hybridized carbons (Fsp3) is 0.300. The van der Waals surface area contributed by atoms with E-state index in [0.29, 0.717) is 5.56 Å². The predicted molar refractivity (Wildman–Crippen MR) is 52.9 cm³/mol. The second-order valence-electron chi connectivity index (χ2n) is 3.73. The molecule has 5 heteroatoms. The molecule has 0 spiro atoms. The van der Waals surface area contributed by atoms with Crippen molar-refractivity contribution < 1.29 is 14.4 Å². The van der Waals surface area contributed by atoms with E-state index in [0.717, 1.165) is 12.8 Å². The molecule has 1 aliphatic rings. The van der Waals surface area contributed by atoms with Gasteiger partial charge in [-0.05, 0) is 36.5 Å². The van der Waals surface area contributed by atoms with Gasteiger partial charge in [0.2, 0.25) is 0 Å². The smallest absolute Gasteiger partial charge is 0.423 e. The Balaban J connectivity index is 2.55. The van der Waals surface area contributed by atoms with Crippen LogP contribution in [0, 0.1) is 17.1 Å². The second-order valence-corrected chi connectivity index (χ2v) is 3.73. The van der Waals surface area contributed by atoms with Crippen LogP contribution in [0.2, 0.25) is 0 Å². The SMILES string of the molecule is N#Cc1cc(B(O)O)c(F)c(C2CC2)c1. The van der Waals surface area contributed by atoms with Gasteiger partial charge in [0.05, 0.1) is 11.6 Å². The van der Waals surface area contributed by atoms with Crippen molar-refractivity contribution in [3.8, 4) is 6.07 Å². The van der Waals surface area contributed by atoms with Gasteiger partial charge in [-0.2, -0.15) is 5.26 Å². The van der Waals surface area contributed by atoms with Crippen molar-refractivity contribution in [3.05, 3.63) is 29.1 Å². The van der Waals surface area contributed by atoms with Crippen LogP contribution in [0.3, 0.4) is 0 Å². The molecule has 2 rings (SSSR count). The number of nitrogens with zero attached hydrogens (tertiary/aromatic N) is 1. The standard InChI is InChI=1S/C10H9BFNO2/c12-10-8(7-1-2-7)3-6(5-13)4-9(10)11(14)15/h3-4,7,14-15H,1-2H2. The first kappa shape index (κ1) is 10.2. The minimum Gasteiger partial charge on any atom is -0.423 e. The first-order chi connectivity index (χ1) is 7.13. The van der Waals surface area contributed by atoms with Gasteiger partial charge in [0, 0.05) is 5.46 Å². The Morgan fingerprint density at radius 3 is 2.53 bits per heavy atom. The third-order valence-corrected chi connectivity index (χ3v) is 2.55. The zero-order valence-corrected chi connectivity index (χ0v) is 7.94. The zero-order valence-electron chi connectivity index (χ0n) is 7.94. The highest BCUT2D eigenvalue weighted by Gasteiger charge is 2.30. The van der Waals surface area contributed by atoms with E-state index < -0.39 is 12.9 Å². The van der Waals surface area contributed by atoms with Gasteiger partial charge in [-0.15, -0.1) is 0 Å². The van der Waals surface area contributed by atoms with Gasteiger partial charge in [0.15, 0.2) is 0 Å². The molecule has 0 aromatic heterocycles. The number of nitriles is 1. The highest BCUT2D eigenvalue weighted by Crippen LogP contribution is 2.41. The van der Waals surface area contributed by atoms with Crippen LogP contribution in [0.5, 0.6) is 0 Å². The molecule has 0 heterocycles. The summed E-state index contributed by atoms with van der Waals surface area (Å²) in [4.78, 5) is 0. The lowest BCUT2D eigenvalue weighted by Gasteiger charge is -2.07. The average molecular weight is 205 g/mol. The largest absolute Gasteiger partial charge is 0.491 e. The van der Waals surface area contributed by atoms with Crippen LogP contribution in [0.1, 0.15) is 29.9 Å². The van der Waals surface area contributed by atoms with E-state index in [1.807, 2.05) is 6.07 Å². The van der Waals surface area contributed by atoms with Gasteiger partial charge in [-0.1, -0.05) is 0 Å². The van der Waals surface area contributed by atoms with Crippen LogP contribution >= 0.6 is 0 Å². The maximum absolute atomic E-state index is 13.7. The molecular weight excluding hydrogens is 196 g/mol. The highest BCUT2D eigenvalue weighted by molar-refractivity contribution is 6.58. The van der Waals surface area contributed by atoms with Crippen molar-refractivity contribution in [1.82, 2.24) is 0 Å². The molecule has 0 saturated heterocycles. The first-order valence-electron chi connectivity index (χ1n) is 4.73. The van der Waals surface area contributed by atoms with Gasteiger partial charge < -0.3 is 10.0 Å². The molecule has 1 aromatic rings. The maximum Gasteiger partial charge on any atom is 0.491 e. The lowest BCUT2D eigenvalue weighted by molar-refractivity contribution is 0.422. The minimum atomic E-state index is -1.87. The average Bonchev–Trinajstić information content (AvgIpc) is 3.01. The second kappa shape index (κ2) is 3.65. The molecule has 1 fully saturated rings. The topological polar surface area (TPSA) is 64.2 Å². The molecule has 0 amide bonds. The minimum absolute atomic E-state index is 0.135. The summed E-state index contributed by atoms with van der Waals surface area (Å²) < 4.78 is 13.7. The normalized spacial score (nSPS) is 14.8. The van der Waals surface area contributed by atoms with Crippen molar-refractivity contribution in [3.63, 3.8) is 0 Å². The van der Waals surface area contributed by atoms with Crippen LogP contribution in [-0.2, 0) is 0 Å². The van der Waals surface area contributed by atoms with Crippen LogP contribution in [0.15, 0.2) is 12.1 Å². The third-order valence-electron chi connectivity index (χ3n) is 2.55. The summed E-state index contributed by atoms with van der Waals surface area (Å²) in [6.45, 7) is 0. The summed E-state index contributed by atoms with van der Waals surface area (Å²) in [5.74, 6) is -0.456. The molecule has 0 bridgehead atoms. The molecule has 1 aliphatic carbocycles. The Morgan fingerprint density at radius 2 is 2.07 bits per heavy atom. The van der Waals surface area contributed by atoms with Gasteiger partial charge in [-0.3, -0.25) is 0 Å². The number of hydrogen-bond acceptors (Lipinski definition) is 3. The highest BCUT2D eigenvalue weighted by atomic mass is 19.1. The third kappa shape index (κ3) is 1.87. The van der Waals surface area contributed by atoms with Crippen LogP contribution in [-0.4, -0.2) is 17.2 Å². The summed E-state index contributed by atoms with van der Waals surface area (Å²) in [6, 6.07) is 4.54. The molecule has 0 atom stereocenters. The Morgan fingerprint density at radius 1 is 1.40 bits per heavy atom. The molecule has 0 unspecified atom stereocenters. The summed E-state index contributed by atoms with van der Waals surface area (Å²) >= 11 is 0. The Hall–Kier alpha value is -1.38. The molecule has 0 radical (unpaired) electrons. The van der Waals surface area contributed by atoms with Crippen molar-refractivity contribution >= 4 is 12.6 Å². The van der Waals surface area contributed by atoms with E-state index >= 15 is 0 Å². The maximum atomic E-state index is 13.7. The molecule has 2 N–H and O–H groups in total. The van der Waals surface area contributed by atoms with Crippen molar-refractivity contribution in [2.75, 3.05) is 0 Å². The van der Waals surface area contributed by atoms with Crippen LogP contribution in [0.4, 0.5) is 4.39 Å². The molecule has 1 saturated carbocycles. The molecule has 1 aromatic carbocycles. The summed E-state index contributed by atoms with van der Waals surface area (Å²) in [5.41, 5.74) is 0.481. The molecule has 76 valence electrons. The van der Waals surface area contributed by atoms with Gasteiger partial charge in [0.1, 0.15) is 5.82 Å². The van der Waals surface area contributed by atoms with Gasteiger partial charge >= 0.3 is 7.12 Å². The Bertz CT molecular complexity index is 415. The van der Waals surface area contributed by atoms with E-state index in [9.17, 15) is 4.39 Å². The first-order valence-corrected chi connectivity index (χ1v) is 4.73. The van der Waals surface area contributed by atoms with E-state index in [1.165, 1.54) is 12.1 Å². The zero-order chi connectivity index (χ0) is 11.0. The predicted octanol–water partition coefficient (Wildman–Crippen LogP) is 0.255. The molecule has 15 heavy (non-hydrogen) atoms. The Kier molecular flexibility index (Phi) is 2.47. The van der Waals surface area contributed by atoms with Gasteiger partial charge in [0.25, 0.3) is 0 Å². The van der Waals surface area contributed by atoms with E-state index in [4.69, 9.17) is 15.3 Å². The number of benzene rings is 1. The van der Waals surface area contributed by atoms with Gasteiger partial charge in [-0.25, -0.2) is 4.39 Å². The number of hydrogen-bond donors (Lipinski definition) is 2. The van der Waals surface area contributed by atoms with Crippen molar-refractivity contribution in [1.29, 1.82) is 5.26 Å². The lowest BCUT2D eigenvalue weighted by atomic mass is 9.77. The van der Waals surface area contributed by atoms with Crippen LogP contribution < -0.4 is 5.46 Å². The van der Waals surface area contributed by atoms with Crippen molar-refractivity contribution in [2.45, 2.75) is 18.8 Å². The fourth-order valence-corrected chi connectivity index (χ4v) is 1.61. The summed E-state index contributed by atoms with van der Waals surface area (Å²) in [6.07, 6.45) is 1.79. The van der Waals surface area contributed by atoms with E-state index in [2.05, 4.69) is 0 Å². The Labute approximate surface area is 86.9 Å². The van der Waals surface area contributed by atoms with E-state index in [1.54, 1.807) is 0 Å². The lowest BCUT2D eigenvalue weighted by Crippen LogP contribution is -2.33. The molecule has 3 nitrogen and oxygen atoms in total. The van der Waals surface area contributed by atoms with Crippen LogP contribution in [0.25, 0.3) is 0 Å². The quantitative estimate of drug-likeness (QED) is 0.680. The van der Waals surface area contributed by atoms with Crippen molar-refractivity contribution in [2.24, 2.45) is 0 Å². The fourth-order valence-electron chi connectivity index (χ4n) is 1.61.